The van der Waals surface area contributed by atoms with Crippen molar-refractivity contribution in [2.75, 3.05) is 11.1 Å². The van der Waals surface area contributed by atoms with Crippen LogP contribution in [0.5, 0.6) is 0 Å². The Morgan fingerprint density at radius 2 is 2.17 bits per heavy atom. The first kappa shape index (κ1) is 12.5. The third-order valence-corrected chi connectivity index (χ3v) is 2.87. The van der Waals surface area contributed by atoms with Gasteiger partial charge in [0.05, 0.1) is 10.0 Å². The smallest absolute Gasteiger partial charge is 0.259 e. The molecule has 3 N–H and O–H groups in total. The summed E-state index contributed by atoms with van der Waals surface area (Å²) in [5.41, 5.74) is 5.72. The van der Waals surface area contributed by atoms with E-state index < -0.39 is 11.7 Å². The molecule has 6 heteroatoms. The average Bonchev–Trinajstić information content (AvgIpc) is 2.35. The zero-order chi connectivity index (χ0) is 13.1. The number of nitrogens with two attached hydrogens (primary N) is 1. The number of amides is 1. The minimum Gasteiger partial charge on any atom is -0.399 e. The molecule has 0 aliphatic rings. The standard InChI is InChI=1S/C12H9BrFN3O/c13-9-2-1-5-16-11(9)17-12(18)8-6-7(15)3-4-10(8)14/h1-6H,15H2,(H,16,17,18). The van der Waals surface area contributed by atoms with Crippen LogP contribution in [-0.4, -0.2) is 10.9 Å². The van der Waals surface area contributed by atoms with Crippen LogP contribution in [0, 0.1) is 5.82 Å². The number of hydrogen-bond donors (Lipinski definition) is 2. The molecule has 1 heterocycles. The summed E-state index contributed by atoms with van der Waals surface area (Å²) in [6.07, 6.45) is 1.52. The molecule has 0 atom stereocenters. The molecule has 1 aromatic heterocycles. The van der Waals surface area contributed by atoms with Gasteiger partial charge in [0.1, 0.15) is 11.6 Å². The molecule has 1 aromatic carbocycles. The largest absolute Gasteiger partial charge is 0.399 e. The molecule has 18 heavy (non-hydrogen) atoms. The molecule has 0 aliphatic carbocycles. The summed E-state index contributed by atoms with van der Waals surface area (Å²) in [4.78, 5) is 15.8. The summed E-state index contributed by atoms with van der Waals surface area (Å²) in [6, 6.07) is 7.25. The van der Waals surface area contributed by atoms with Crippen LogP contribution >= 0.6 is 15.9 Å². The van der Waals surface area contributed by atoms with Crippen molar-refractivity contribution in [1.29, 1.82) is 0 Å². The van der Waals surface area contributed by atoms with Crippen LogP contribution in [0.1, 0.15) is 10.4 Å². The van der Waals surface area contributed by atoms with Crippen LogP contribution in [0.2, 0.25) is 0 Å². The van der Waals surface area contributed by atoms with Crippen LogP contribution in [0.25, 0.3) is 0 Å². The van der Waals surface area contributed by atoms with E-state index in [0.29, 0.717) is 16.0 Å². The van der Waals surface area contributed by atoms with E-state index in [4.69, 9.17) is 5.73 Å². The summed E-state index contributed by atoms with van der Waals surface area (Å²) in [7, 11) is 0. The van der Waals surface area contributed by atoms with Gasteiger partial charge in [0.25, 0.3) is 5.91 Å². The van der Waals surface area contributed by atoms with Crippen LogP contribution < -0.4 is 11.1 Å². The second kappa shape index (κ2) is 5.14. The highest BCUT2D eigenvalue weighted by molar-refractivity contribution is 9.10. The van der Waals surface area contributed by atoms with Gasteiger partial charge in [0.2, 0.25) is 0 Å². The monoisotopic (exact) mass is 309 g/mol. The summed E-state index contributed by atoms with van der Waals surface area (Å²) in [5, 5.41) is 2.50. The Balaban J connectivity index is 2.28. The van der Waals surface area contributed by atoms with Gasteiger partial charge in [0, 0.05) is 11.9 Å². The minimum absolute atomic E-state index is 0.118. The maximum absolute atomic E-state index is 13.5. The van der Waals surface area contributed by atoms with Gasteiger partial charge >= 0.3 is 0 Å². The quantitative estimate of drug-likeness (QED) is 0.838. The summed E-state index contributed by atoms with van der Waals surface area (Å²) < 4.78 is 14.1. The van der Waals surface area contributed by atoms with E-state index in [9.17, 15) is 9.18 Å². The lowest BCUT2D eigenvalue weighted by Gasteiger charge is -2.07. The molecule has 4 nitrogen and oxygen atoms in total. The van der Waals surface area contributed by atoms with Gasteiger partial charge in [-0.3, -0.25) is 4.79 Å². The highest BCUT2D eigenvalue weighted by Gasteiger charge is 2.13. The molecule has 0 aliphatic heterocycles. The molecule has 0 unspecified atom stereocenters. The molecule has 0 radical (unpaired) electrons. The maximum Gasteiger partial charge on any atom is 0.259 e. The second-order valence-corrected chi connectivity index (χ2v) is 4.38. The zero-order valence-corrected chi connectivity index (χ0v) is 10.7. The topological polar surface area (TPSA) is 68.0 Å². The number of nitrogen functional groups attached to an aromatic ring is 1. The summed E-state index contributed by atoms with van der Waals surface area (Å²) >= 11 is 3.23. The molecule has 2 aromatic rings. The zero-order valence-electron chi connectivity index (χ0n) is 9.15. The van der Waals surface area contributed by atoms with E-state index in [0.717, 1.165) is 6.07 Å². The Morgan fingerprint density at radius 3 is 2.89 bits per heavy atom. The Kier molecular flexibility index (Phi) is 3.57. The number of pyridine rings is 1. The third-order valence-electron chi connectivity index (χ3n) is 2.23. The first-order valence-corrected chi connectivity index (χ1v) is 5.84. The SMILES string of the molecule is Nc1ccc(F)c(C(=O)Nc2ncccc2Br)c1. The number of halogens is 2. The summed E-state index contributed by atoms with van der Waals surface area (Å²) in [5.74, 6) is -0.905. The van der Waals surface area contributed by atoms with Gasteiger partial charge in [-0.2, -0.15) is 0 Å². The normalized spacial score (nSPS) is 10.1. The number of rotatable bonds is 2. The van der Waals surface area contributed by atoms with Crippen molar-refractivity contribution < 1.29 is 9.18 Å². The lowest BCUT2D eigenvalue weighted by molar-refractivity contribution is 0.102. The summed E-state index contributed by atoms with van der Waals surface area (Å²) in [6.45, 7) is 0. The Bertz CT molecular complexity index is 604. The predicted octanol–water partition coefficient (Wildman–Crippen LogP) is 2.82. The van der Waals surface area contributed by atoms with E-state index in [1.165, 1.54) is 18.3 Å². The van der Waals surface area contributed by atoms with E-state index in [1.54, 1.807) is 12.1 Å². The highest BCUT2D eigenvalue weighted by Crippen LogP contribution is 2.20. The van der Waals surface area contributed by atoms with Crippen molar-refractivity contribution in [2.45, 2.75) is 0 Å². The van der Waals surface area contributed by atoms with Crippen LogP contribution in [0.3, 0.4) is 0 Å². The fourth-order valence-electron chi connectivity index (χ4n) is 1.37. The van der Waals surface area contributed by atoms with Gasteiger partial charge in [-0.05, 0) is 46.3 Å². The van der Waals surface area contributed by atoms with Gasteiger partial charge in [0.15, 0.2) is 0 Å². The number of nitrogens with one attached hydrogen (secondary N) is 1. The molecular weight excluding hydrogens is 301 g/mol. The lowest BCUT2D eigenvalue weighted by Crippen LogP contribution is -2.15. The first-order valence-electron chi connectivity index (χ1n) is 5.05. The van der Waals surface area contributed by atoms with E-state index in [-0.39, 0.29) is 5.56 Å². The van der Waals surface area contributed by atoms with Crippen LogP contribution in [0.4, 0.5) is 15.9 Å². The van der Waals surface area contributed by atoms with Crippen molar-refractivity contribution in [3.8, 4) is 0 Å². The molecule has 0 fully saturated rings. The molecule has 0 saturated heterocycles. The number of hydrogen-bond acceptors (Lipinski definition) is 3. The first-order chi connectivity index (χ1) is 8.58. The van der Waals surface area contributed by atoms with Crippen molar-refractivity contribution in [2.24, 2.45) is 0 Å². The van der Waals surface area contributed by atoms with Crippen molar-refractivity contribution in [1.82, 2.24) is 4.98 Å². The Hall–Kier alpha value is -1.95. The van der Waals surface area contributed by atoms with Gasteiger partial charge in [-0.25, -0.2) is 9.37 Å². The highest BCUT2D eigenvalue weighted by atomic mass is 79.9. The maximum atomic E-state index is 13.5. The van der Waals surface area contributed by atoms with Crippen molar-refractivity contribution in [3.05, 3.63) is 52.4 Å². The Morgan fingerprint density at radius 1 is 1.39 bits per heavy atom. The molecule has 0 spiro atoms. The van der Waals surface area contributed by atoms with Crippen LogP contribution in [0.15, 0.2) is 41.0 Å². The number of aromatic nitrogens is 1. The number of carbonyl (C=O) groups excluding carboxylic acids is 1. The second-order valence-electron chi connectivity index (χ2n) is 3.53. The molecule has 0 saturated carbocycles. The van der Waals surface area contributed by atoms with Gasteiger partial charge in [-0.15, -0.1) is 0 Å². The van der Waals surface area contributed by atoms with E-state index in [2.05, 4.69) is 26.2 Å². The molecule has 92 valence electrons. The van der Waals surface area contributed by atoms with Gasteiger partial charge < -0.3 is 11.1 Å². The lowest BCUT2D eigenvalue weighted by atomic mass is 10.2. The number of benzene rings is 1. The van der Waals surface area contributed by atoms with Crippen LogP contribution in [-0.2, 0) is 0 Å². The molecule has 0 bridgehead atoms. The predicted molar refractivity (Wildman–Crippen MR) is 70.7 cm³/mol. The van der Waals surface area contributed by atoms with E-state index in [1.807, 2.05) is 0 Å². The molecule has 1 amide bonds. The molecule has 2 rings (SSSR count). The van der Waals surface area contributed by atoms with Crippen molar-refractivity contribution >= 4 is 33.3 Å². The van der Waals surface area contributed by atoms with Crippen molar-refractivity contribution in [3.63, 3.8) is 0 Å². The number of anilines is 2. The number of carbonyl (C=O) groups is 1. The Labute approximate surface area is 111 Å². The fraction of sp³-hybridized carbons (Fsp3) is 0. The fourth-order valence-corrected chi connectivity index (χ4v) is 1.72. The molecular formula is C12H9BrFN3O. The van der Waals surface area contributed by atoms with E-state index >= 15 is 0 Å². The van der Waals surface area contributed by atoms with Gasteiger partial charge in [-0.1, -0.05) is 0 Å². The average molecular weight is 310 g/mol. The minimum atomic E-state index is -0.631. The number of nitrogens with zero attached hydrogens (tertiary/aromatic N) is 1. The third kappa shape index (κ3) is 2.65.